The van der Waals surface area contributed by atoms with Gasteiger partial charge in [0.2, 0.25) is 0 Å². The Kier molecular flexibility index (Phi) is 30.9. The van der Waals surface area contributed by atoms with Gasteiger partial charge in [0.1, 0.15) is 16.8 Å². The van der Waals surface area contributed by atoms with Crippen molar-refractivity contribution in [2.24, 2.45) is 0 Å². The number of piperazine rings is 3. The number of nitrogens with zero attached hydrogens (tertiary/aromatic N) is 7. The number of hydrogen-bond donors (Lipinski definition) is 2. The average molecular weight is 1080 g/mol. The molecule has 0 aliphatic carbocycles. The molecule has 3 saturated heterocycles. The number of non-ortho nitro benzene ring substituents is 2. The normalized spacial score (nSPS) is 14.9. The second kappa shape index (κ2) is 32.5. The number of hydrogen-bond acceptors (Lipinski definition) is 14. The molecule has 19 nitrogen and oxygen atoms in total. The van der Waals surface area contributed by atoms with Gasteiger partial charge in [-0.3, -0.25) is 30.0 Å². The monoisotopic (exact) mass is 1080 g/mol. The Bertz CT molecular complexity index is 2040. The zero-order chi connectivity index (χ0) is 50.7. The molecule has 6 rings (SSSR count). The van der Waals surface area contributed by atoms with Crippen LogP contribution >= 0.6 is 15.9 Å². The van der Waals surface area contributed by atoms with Crippen LogP contribution in [0.2, 0.25) is 0 Å². The van der Waals surface area contributed by atoms with Gasteiger partial charge in [-0.1, -0.05) is 82.0 Å². The van der Waals surface area contributed by atoms with Gasteiger partial charge in [0, 0.05) is 127 Å². The number of rotatable bonds is 7. The van der Waals surface area contributed by atoms with Crippen molar-refractivity contribution in [3.8, 4) is 0 Å². The molecule has 0 atom stereocenters. The Balaban J connectivity index is 0. The van der Waals surface area contributed by atoms with Crippen molar-refractivity contribution < 1.29 is 38.4 Å². The minimum atomic E-state index is -0.479. The predicted octanol–water partition coefficient (Wildman–Crippen LogP) is 10.8. The zero-order valence-corrected chi connectivity index (χ0v) is 42.8. The van der Waals surface area contributed by atoms with Gasteiger partial charge in [0.05, 0.1) is 9.85 Å². The molecule has 3 aliphatic rings. The summed E-state index contributed by atoms with van der Waals surface area (Å²) < 4.78 is 16.0. The largest absolute Gasteiger partial charge is 0.444 e. The van der Waals surface area contributed by atoms with E-state index >= 15 is 0 Å². The number of carbonyl (C=O) groups excluding carboxylic acids is 3. The van der Waals surface area contributed by atoms with Crippen LogP contribution in [-0.2, 0) is 32.6 Å². The molecule has 3 aromatic carbocycles. The first-order valence-corrected chi connectivity index (χ1v) is 23.9. The maximum absolute atomic E-state index is 12.0. The highest BCUT2D eigenvalue weighted by molar-refractivity contribution is 9.08. The van der Waals surface area contributed by atoms with Crippen molar-refractivity contribution in [1.82, 2.24) is 29.8 Å². The maximum Gasteiger partial charge on any atom is 0.410 e. The molecule has 3 fully saturated rings. The van der Waals surface area contributed by atoms with E-state index < -0.39 is 21.0 Å². The van der Waals surface area contributed by atoms with Gasteiger partial charge in [0.25, 0.3) is 11.4 Å². The van der Waals surface area contributed by atoms with E-state index in [9.17, 15) is 34.6 Å². The van der Waals surface area contributed by atoms with Gasteiger partial charge < -0.3 is 40.0 Å². The Labute approximate surface area is 439 Å². The van der Waals surface area contributed by atoms with Crippen LogP contribution in [0.4, 0.5) is 31.4 Å². The van der Waals surface area contributed by atoms with E-state index in [-0.39, 0.29) is 65.0 Å². The number of benzene rings is 3. The van der Waals surface area contributed by atoms with E-state index in [4.69, 9.17) is 19.9 Å². The first-order chi connectivity index (χ1) is 31.8. The first-order valence-electron chi connectivity index (χ1n) is 22.8. The smallest absolute Gasteiger partial charge is 0.410 e. The maximum atomic E-state index is 12.0. The molecule has 0 radical (unpaired) electrons. The zero-order valence-electron chi connectivity index (χ0n) is 41.2. The van der Waals surface area contributed by atoms with Crippen molar-refractivity contribution in [1.29, 1.82) is 0 Å². The van der Waals surface area contributed by atoms with Gasteiger partial charge in [-0.15, -0.1) is 0 Å². The van der Waals surface area contributed by atoms with Crippen LogP contribution in [0.3, 0.4) is 0 Å². The molecule has 20 heteroatoms. The highest BCUT2D eigenvalue weighted by Crippen LogP contribution is 2.18. The number of nitrogens with two attached hydrogens (primary N) is 1. The quantitative estimate of drug-likeness (QED) is 0.0739. The standard InChI is InChI=1S/C16H23N3O4.C16H25N3O2.C9H18N2O2.C7H6BrNO2.4CH4/c1-16(2,3)23-15(20)18-10-8-17(9-11-18)12-13-4-6-14(7-5-13)19(21)22;1-16(2,3)21-15(20)19-10-8-18(9-11-19)12-13-4-6-14(17)7-5-13;1-9(2,3)13-8(12)11-6-4-10-5-7-11;8-5-6-1-3-7(4-2-6)9(10)11;;;;/h4-7H,8-12H2,1-3H3;4-7H,8-12,17H2,1-3H3;10H,4-7H2,1-3H3;1-4H,5H2;4*1H4. The summed E-state index contributed by atoms with van der Waals surface area (Å²) in [4.78, 5) is 65.3. The number of nitrogens with one attached hydrogen (secondary N) is 1. The first kappa shape index (κ1) is 68.5. The van der Waals surface area contributed by atoms with Crippen LogP contribution in [0.15, 0.2) is 72.8 Å². The van der Waals surface area contributed by atoms with Crippen LogP contribution in [0.1, 0.15) is 109 Å². The second-order valence-corrected chi connectivity index (χ2v) is 20.0. The summed E-state index contributed by atoms with van der Waals surface area (Å²) in [5, 5.41) is 24.8. The highest BCUT2D eigenvalue weighted by atomic mass is 79.9. The number of anilines is 1. The molecular formula is C52H88BrN9O10. The van der Waals surface area contributed by atoms with Crippen molar-refractivity contribution in [2.45, 2.75) is 127 Å². The molecule has 3 aliphatic heterocycles. The number of halogens is 1. The van der Waals surface area contributed by atoms with Crippen molar-refractivity contribution >= 4 is 51.3 Å². The number of nitrogen functional groups attached to an aromatic ring is 1. The summed E-state index contributed by atoms with van der Waals surface area (Å²) in [6.07, 6.45) is -0.684. The number of nitro benzene ring substituents is 2. The fourth-order valence-corrected chi connectivity index (χ4v) is 6.95. The Morgan fingerprint density at radius 3 is 1.07 bits per heavy atom. The van der Waals surface area contributed by atoms with Crippen LogP contribution in [0.25, 0.3) is 0 Å². The van der Waals surface area contributed by atoms with Gasteiger partial charge in [-0.2, -0.15) is 0 Å². The SMILES string of the molecule is C.C.C.C.CC(C)(C)OC(=O)N1CCN(Cc2ccc(N)cc2)CC1.CC(C)(C)OC(=O)N1CCN(Cc2ccc([N+](=O)[O-])cc2)CC1.CC(C)(C)OC(=O)N1CCNCC1.O=[N+]([O-])c1ccc(CBr)cc1. The van der Waals surface area contributed by atoms with E-state index in [0.29, 0.717) is 26.2 Å². The number of nitro groups is 2. The molecule has 0 aromatic heterocycles. The lowest BCUT2D eigenvalue weighted by Gasteiger charge is -2.35. The summed E-state index contributed by atoms with van der Waals surface area (Å²) in [5.74, 6) is 0. The average Bonchev–Trinajstić information content (AvgIpc) is 3.27. The fraction of sp³-hybridized carbons (Fsp3) is 0.596. The third kappa shape index (κ3) is 27.3. The summed E-state index contributed by atoms with van der Waals surface area (Å²) in [6, 6.07) is 21.0. The van der Waals surface area contributed by atoms with Gasteiger partial charge >= 0.3 is 18.3 Å². The topological polar surface area (TPSA) is 219 Å². The Morgan fingerprint density at radius 2 is 0.792 bits per heavy atom. The summed E-state index contributed by atoms with van der Waals surface area (Å²) in [5.41, 5.74) is 8.72. The summed E-state index contributed by atoms with van der Waals surface area (Å²) in [6.45, 7) is 27.6. The predicted molar refractivity (Wildman–Crippen MR) is 293 cm³/mol. The van der Waals surface area contributed by atoms with Gasteiger partial charge in [-0.25, -0.2) is 14.4 Å². The number of carbonyl (C=O) groups is 3. The van der Waals surface area contributed by atoms with E-state index in [2.05, 4.69) is 43.2 Å². The van der Waals surface area contributed by atoms with Crippen LogP contribution in [-0.4, -0.2) is 148 Å². The molecule has 3 amide bonds. The molecule has 3 heterocycles. The third-order valence-electron chi connectivity index (χ3n) is 10.1. The van der Waals surface area contributed by atoms with Crippen molar-refractivity contribution in [3.63, 3.8) is 0 Å². The molecule has 72 heavy (non-hydrogen) atoms. The lowest BCUT2D eigenvalue weighted by molar-refractivity contribution is -0.385. The molecular weight excluding hydrogens is 991 g/mol. The Hall–Kier alpha value is -5.57. The van der Waals surface area contributed by atoms with Crippen molar-refractivity contribution in [2.75, 3.05) is 84.3 Å². The Morgan fingerprint density at radius 1 is 0.514 bits per heavy atom. The number of amides is 3. The molecule has 3 aromatic rings. The summed E-state index contributed by atoms with van der Waals surface area (Å²) in [7, 11) is 0. The van der Waals surface area contributed by atoms with E-state index in [1.807, 2.05) is 74.4 Å². The third-order valence-corrected chi connectivity index (χ3v) is 10.7. The fourth-order valence-electron chi connectivity index (χ4n) is 6.57. The number of alkyl halides is 1. The molecule has 0 spiro atoms. The van der Waals surface area contributed by atoms with Crippen LogP contribution in [0, 0.1) is 20.2 Å². The highest BCUT2D eigenvalue weighted by Gasteiger charge is 2.28. The van der Waals surface area contributed by atoms with E-state index in [1.54, 1.807) is 39.0 Å². The molecule has 0 unspecified atom stereocenters. The van der Waals surface area contributed by atoms with E-state index in [1.165, 1.54) is 29.8 Å². The molecule has 0 saturated carbocycles. The van der Waals surface area contributed by atoms with Gasteiger partial charge in [0.15, 0.2) is 0 Å². The van der Waals surface area contributed by atoms with Gasteiger partial charge in [-0.05, 0) is 91.1 Å². The lowest BCUT2D eigenvalue weighted by atomic mass is 10.2. The minimum Gasteiger partial charge on any atom is -0.444 e. The van der Waals surface area contributed by atoms with Crippen LogP contribution in [0.5, 0.6) is 0 Å². The molecule has 0 bridgehead atoms. The van der Waals surface area contributed by atoms with Crippen LogP contribution < -0.4 is 11.1 Å². The summed E-state index contributed by atoms with van der Waals surface area (Å²) >= 11 is 3.25. The minimum absolute atomic E-state index is 0. The lowest BCUT2D eigenvalue weighted by Crippen LogP contribution is -2.49. The van der Waals surface area contributed by atoms with Crippen molar-refractivity contribution in [3.05, 3.63) is 110 Å². The molecule has 3 N–H and O–H groups in total. The molecule has 408 valence electrons. The second-order valence-electron chi connectivity index (χ2n) is 19.4. The van der Waals surface area contributed by atoms with E-state index in [0.717, 1.165) is 87.6 Å². The number of ether oxygens (including phenoxy) is 3.